The lowest BCUT2D eigenvalue weighted by Crippen LogP contribution is -2.53. The van der Waals surface area contributed by atoms with Crippen LogP contribution in [-0.4, -0.2) is 49.6 Å². The molecule has 2 amide bonds. The molecule has 0 saturated heterocycles. The van der Waals surface area contributed by atoms with Gasteiger partial charge in [-0.3, -0.25) is 9.59 Å². The lowest BCUT2D eigenvalue weighted by Gasteiger charge is -2.32. The van der Waals surface area contributed by atoms with Crippen LogP contribution in [0.15, 0.2) is 66.7 Å². The molecule has 1 atom stereocenters. The predicted molar refractivity (Wildman–Crippen MR) is 156 cm³/mol. The third-order valence-electron chi connectivity index (χ3n) is 7.00. The molecule has 3 aromatic carbocycles. The molecule has 1 fully saturated rings. The summed E-state index contributed by atoms with van der Waals surface area (Å²) in [5, 5.41) is 3.98. The summed E-state index contributed by atoms with van der Waals surface area (Å²) >= 11 is 12.4. The lowest BCUT2D eigenvalue weighted by atomic mass is 10.0. The topological polar surface area (TPSA) is 77.1 Å². The number of ether oxygens (including phenoxy) is 3. The maximum Gasteiger partial charge on any atom is 0.261 e. The largest absolute Gasteiger partial charge is 0.496 e. The Hall–Kier alpha value is -3.42. The molecule has 1 aliphatic rings. The monoisotopic (exact) mass is 584 g/mol. The van der Waals surface area contributed by atoms with Gasteiger partial charge in [0, 0.05) is 37.2 Å². The molecule has 0 bridgehead atoms. The fourth-order valence-electron chi connectivity index (χ4n) is 4.85. The highest BCUT2D eigenvalue weighted by molar-refractivity contribution is 6.42. The minimum absolute atomic E-state index is 0.105. The Kier molecular flexibility index (Phi) is 10.6. The molecular weight excluding hydrogens is 551 g/mol. The van der Waals surface area contributed by atoms with Crippen LogP contribution in [0.5, 0.6) is 17.2 Å². The number of nitrogens with zero attached hydrogens (tertiary/aromatic N) is 1. The Morgan fingerprint density at radius 3 is 2.15 bits per heavy atom. The van der Waals surface area contributed by atoms with E-state index in [9.17, 15) is 9.59 Å². The number of rotatable bonds is 12. The SMILES string of the molecule is COc1cc(OC)cc(OCC(=O)N(Cc2ccc(Cl)c(Cl)c2)C(Cc2ccccc2)C(=O)NC2CCCC2)c1. The normalized spacial score (nSPS) is 13.9. The van der Waals surface area contributed by atoms with E-state index in [1.807, 2.05) is 30.3 Å². The van der Waals surface area contributed by atoms with Gasteiger partial charge in [0.2, 0.25) is 5.91 Å². The highest BCUT2D eigenvalue weighted by Gasteiger charge is 2.32. The fourth-order valence-corrected chi connectivity index (χ4v) is 5.17. The van der Waals surface area contributed by atoms with Gasteiger partial charge < -0.3 is 24.4 Å². The van der Waals surface area contributed by atoms with Crippen LogP contribution in [0.1, 0.15) is 36.8 Å². The summed E-state index contributed by atoms with van der Waals surface area (Å²) < 4.78 is 16.5. The molecular formula is C31H34Cl2N2O5. The zero-order valence-corrected chi connectivity index (χ0v) is 24.2. The second kappa shape index (κ2) is 14.3. The zero-order valence-electron chi connectivity index (χ0n) is 22.7. The molecule has 1 aliphatic carbocycles. The van der Waals surface area contributed by atoms with E-state index >= 15 is 0 Å². The molecule has 7 nitrogen and oxygen atoms in total. The first kappa shape index (κ1) is 29.6. The van der Waals surface area contributed by atoms with Crippen molar-refractivity contribution in [3.05, 3.63) is 87.9 Å². The number of benzene rings is 3. The van der Waals surface area contributed by atoms with Crippen molar-refractivity contribution in [2.24, 2.45) is 0 Å². The van der Waals surface area contributed by atoms with Crippen molar-refractivity contribution in [2.75, 3.05) is 20.8 Å². The van der Waals surface area contributed by atoms with Crippen LogP contribution in [0.4, 0.5) is 0 Å². The van der Waals surface area contributed by atoms with E-state index in [-0.39, 0.29) is 31.0 Å². The van der Waals surface area contributed by atoms with E-state index in [2.05, 4.69) is 5.32 Å². The van der Waals surface area contributed by atoms with Crippen molar-refractivity contribution < 1.29 is 23.8 Å². The van der Waals surface area contributed by atoms with E-state index in [1.54, 1.807) is 55.5 Å². The summed E-state index contributed by atoms with van der Waals surface area (Å²) in [7, 11) is 3.08. The molecule has 40 heavy (non-hydrogen) atoms. The zero-order chi connectivity index (χ0) is 28.5. The maximum absolute atomic E-state index is 13.9. The predicted octanol–water partition coefficient (Wildman–Crippen LogP) is 6.09. The number of hydrogen-bond acceptors (Lipinski definition) is 5. The van der Waals surface area contributed by atoms with Crippen LogP contribution in [0.25, 0.3) is 0 Å². The van der Waals surface area contributed by atoms with E-state index < -0.39 is 6.04 Å². The maximum atomic E-state index is 13.9. The summed E-state index contributed by atoms with van der Waals surface area (Å²) in [6, 6.07) is 19.3. The molecule has 4 rings (SSSR count). The Bertz CT molecular complexity index is 1280. The Morgan fingerprint density at radius 2 is 1.52 bits per heavy atom. The quantitative estimate of drug-likeness (QED) is 0.279. The molecule has 212 valence electrons. The van der Waals surface area contributed by atoms with Gasteiger partial charge in [0.15, 0.2) is 6.61 Å². The molecule has 0 radical (unpaired) electrons. The van der Waals surface area contributed by atoms with Crippen molar-refractivity contribution in [2.45, 2.75) is 50.7 Å². The summed E-state index contributed by atoms with van der Waals surface area (Å²) in [4.78, 5) is 29.2. The smallest absolute Gasteiger partial charge is 0.261 e. The van der Waals surface area contributed by atoms with Crippen LogP contribution in [0, 0.1) is 0 Å². The minimum Gasteiger partial charge on any atom is -0.496 e. The standard InChI is InChI=1S/C31H34Cl2N2O5/c1-38-24-16-25(39-2)18-26(17-24)40-20-30(36)35(19-22-12-13-27(32)28(33)14-22)29(15-21-8-4-3-5-9-21)31(37)34-23-10-6-7-11-23/h3-5,8-9,12-14,16-18,23,29H,6-7,10-11,15,19-20H2,1-2H3,(H,34,37). The second-order valence-corrected chi connectivity index (χ2v) is 10.6. The van der Waals surface area contributed by atoms with Gasteiger partial charge >= 0.3 is 0 Å². The summed E-state index contributed by atoms with van der Waals surface area (Å²) in [5.41, 5.74) is 1.69. The van der Waals surface area contributed by atoms with Gasteiger partial charge in [0.1, 0.15) is 23.3 Å². The number of amides is 2. The number of carbonyl (C=O) groups is 2. The van der Waals surface area contributed by atoms with Gasteiger partial charge in [-0.25, -0.2) is 0 Å². The number of hydrogen-bond donors (Lipinski definition) is 1. The molecule has 1 saturated carbocycles. The summed E-state index contributed by atoms with van der Waals surface area (Å²) in [5.74, 6) is 0.941. The second-order valence-electron chi connectivity index (χ2n) is 9.80. The van der Waals surface area contributed by atoms with E-state index in [4.69, 9.17) is 37.4 Å². The van der Waals surface area contributed by atoms with Gasteiger partial charge in [0.25, 0.3) is 5.91 Å². The third-order valence-corrected chi connectivity index (χ3v) is 7.74. The van der Waals surface area contributed by atoms with Crippen LogP contribution in [0.3, 0.4) is 0 Å². The van der Waals surface area contributed by atoms with E-state index in [0.717, 1.165) is 36.8 Å². The minimum atomic E-state index is -0.770. The molecule has 3 aromatic rings. The van der Waals surface area contributed by atoms with Crippen LogP contribution in [0.2, 0.25) is 10.0 Å². The summed E-state index contributed by atoms with van der Waals surface area (Å²) in [6.45, 7) is -0.143. The highest BCUT2D eigenvalue weighted by Crippen LogP contribution is 2.28. The molecule has 0 aliphatic heterocycles. The average molecular weight is 586 g/mol. The number of nitrogens with one attached hydrogen (secondary N) is 1. The van der Waals surface area contributed by atoms with E-state index in [0.29, 0.717) is 33.7 Å². The van der Waals surface area contributed by atoms with E-state index in [1.165, 1.54) is 0 Å². The lowest BCUT2D eigenvalue weighted by molar-refractivity contribution is -0.143. The summed E-state index contributed by atoms with van der Waals surface area (Å²) in [6.07, 6.45) is 4.38. The Morgan fingerprint density at radius 1 is 0.875 bits per heavy atom. The van der Waals surface area contributed by atoms with Gasteiger partial charge in [-0.15, -0.1) is 0 Å². The van der Waals surface area contributed by atoms with Crippen molar-refractivity contribution in [3.8, 4) is 17.2 Å². The van der Waals surface area contributed by atoms with Gasteiger partial charge in [-0.1, -0.05) is 72.4 Å². The number of methoxy groups -OCH3 is 2. The van der Waals surface area contributed by atoms with Crippen molar-refractivity contribution in [1.29, 1.82) is 0 Å². The Labute approximate surface area is 245 Å². The molecule has 1 unspecified atom stereocenters. The highest BCUT2D eigenvalue weighted by atomic mass is 35.5. The third kappa shape index (κ3) is 8.05. The first-order valence-electron chi connectivity index (χ1n) is 13.3. The number of halogens is 2. The molecule has 0 aromatic heterocycles. The number of carbonyl (C=O) groups excluding carboxylic acids is 2. The first-order chi connectivity index (χ1) is 19.4. The fraction of sp³-hybridized carbons (Fsp3) is 0.355. The molecule has 0 spiro atoms. The van der Waals surface area contributed by atoms with Crippen molar-refractivity contribution in [1.82, 2.24) is 10.2 Å². The van der Waals surface area contributed by atoms with Gasteiger partial charge in [-0.2, -0.15) is 0 Å². The molecule has 9 heteroatoms. The average Bonchev–Trinajstić information content (AvgIpc) is 3.48. The Balaban J connectivity index is 1.63. The van der Waals surface area contributed by atoms with Crippen molar-refractivity contribution >= 4 is 35.0 Å². The van der Waals surface area contributed by atoms with Crippen LogP contribution in [-0.2, 0) is 22.6 Å². The molecule has 0 heterocycles. The first-order valence-corrected chi connectivity index (χ1v) is 14.1. The van der Waals surface area contributed by atoms with Crippen molar-refractivity contribution in [3.63, 3.8) is 0 Å². The molecule has 1 N–H and O–H groups in total. The van der Waals surface area contributed by atoms with Crippen LogP contribution < -0.4 is 19.5 Å². The van der Waals surface area contributed by atoms with Crippen LogP contribution >= 0.6 is 23.2 Å². The van der Waals surface area contributed by atoms with Gasteiger partial charge in [-0.05, 0) is 36.1 Å². The van der Waals surface area contributed by atoms with Gasteiger partial charge in [0.05, 0.1) is 24.3 Å².